The van der Waals surface area contributed by atoms with Crippen molar-refractivity contribution < 1.29 is 0 Å². The molecule has 5 heteroatoms. The fourth-order valence-corrected chi connectivity index (χ4v) is 3.74. The molecule has 96 valence electrons. The maximum atomic E-state index is 4.56. The molecule has 18 heavy (non-hydrogen) atoms. The minimum absolute atomic E-state index is 0.406. The van der Waals surface area contributed by atoms with Crippen LogP contribution in [-0.2, 0) is 6.42 Å². The Kier molecular flexibility index (Phi) is 3.35. The summed E-state index contributed by atoms with van der Waals surface area (Å²) >= 11 is 3.37. The van der Waals surface area contributed by atoms with Crippen LogP contribution in [0.2, 0.25) is 0 Å². The highest BCUT2D eigenvalue weighted by molar-refractivity contribution is 7.11. The number of rotatable bonds is 5. The third-order valence-corrected chi connectivity index (χ3v) is 4.74. The molecule has 0 amide bonds. The highest BCUT2D eigenvalue weighted by Crippen LogP contribution is 2.39. The molecule has 0 aliphatic heterocycles. The van der Waals surface area contributed by atoms with Gasteiger partial charge < -0.3 is 5.32 Å². The minimum Gasteiger partial charge on any atom is -0.357 e. The van der Waals surface area contributed by atoms with E-state index in [1.807, 2.05) is 11.3 Å². The lowest BCUT2D eigenvalue weighted by atomic mass is 10.2. The fourth-order valence-electron chi connectivity index (χ4n) is 1.96. The molecule has 1 saturated carbocycles. The van der Waals surface area contributed by atoms with E-state index in [1.54, 1.807) is 0 Å². The zero-order valence-electron chi connectivity index (χ0n) is 10.6. The van der Waals surface area contributed by atoms with Gasteiger partial charge in [0, 0.05) is 39.7 Å². The van der Waals surface area contributed by atoms with Crippen molar-refractivity contribution in [2.45, 2.75) is 45.1 Å². The van der Waals surface area contributed by atoms with Gasteiger partial charge in [0.15, 0.2) is 0 Å². The number of hydrogen-bond donors (Lipinski definition) is 1. The summed E-state index contributed by atoms with van der Waals surface area (Å²) in [5, 5.41) is 4.42. The number of aryl methyl sites for hydroxylation is 1. The first-order valence-corrected chi connectivity index (χ1v) is 7.95. The summed E-state index contributed by atoms with van der Waals surface area (Å²) in [5.74, 6) is 1.69. The van der Waals surface area contributed by atoms with Gasteiger partial charge in [-0.25, -0.2) is 4.98 Å². The normalized spacial score (nSPS) is 16.8. The molecule has 1 unspecified atom stereocenters. The van der Waals surface area contributed by atoms with E-state index in [4.69, 9.17) is 0 Å². The van der Waals surface area contributed by atoms with Crippen LogP contribution in [0.5, 0.6) is 0 Å². The van der Waals surface area contributed by atoms with Gasteiger partial charge in [0.05, 0.1) is 0 Å². The Morgan fingerprint density at radius 2 is 2.28 bits per heavy atom. The fraction of sp³-hybridized carbons (Fsp3) is 0.538. The van der Waals surface area contributed by atoms with Crippen LogP contribution >= 0.6 is 22.9 Å². The van der Waals surface area contributed by atoms with Gasteiger partial charge in [-0.3, -0.25) is 0 Å². The van der Waals surface area contributed by atoms with Crippen LogP contribution in [0.1, 0.15) is 41.3 Å². The van der Waals surface area contributed by atoms with Crippen molar-refractivity contribution in [2.24, 2.45) is 0 Å². The zero-order chi connectivity index (χ0) is 12.5. The molecule has 0 aromatic carbocycles. The van der Waals surface area contributed by atoms with Gasteiger partial charge in [-0.2, -0.15) is 4.37 Å². The Morgan fingerprint density at radius 1 is 1.44 bits per heavy atom. The molecule has 0 saturated heterocycles. The lowest BCUT2D eigenvalue weighted by Crippen LogP contribution is -2.17. The van der Waals surface area contributed by atoms with Crippen molar-refractivity contribution in [1.29, 1.82) is 0 Å². The van der Waals surface area contributed by atoms with Crippen LogP contribution in [-0.4, -0.2) is 15.4 Å². The van der Waals surface area contributed by atoms with Gasteiger partial charge >= 0.3 is 0 Å². The molecule has 0 radical (unpaired) electrons. The highest BCUT2D eigenvalue weighted by atomic mass is 32.1. The Morgan fingerprint density at radius 3 is 2.94 bits per heavy atom. The Labute approximate surface area is 115 Å². The topological polar surface area (TPSA) is 37.8 Å². The predicted octanol–water partition coefficient (Wildman–Crippen LogP) is 3.83. The number of anilines is 1. The molecule has 1 N–H and O–H groups in total. The van der Waals surface area contributed by atoms with E-state index in [2.05, 4.69) is 40.7 Å². The molecule has 0 spiro atoms. The summed E-state index contributed by atoms with van der Waals surface area (Å²) in [4.78, 5) is 7.37. The first-order valence-electron chi connectivity index (χ1n) is 6.36. The van der Waals surface area contributed by atoms with Gasteiger partial charge in [0.25, 0.3) is 0 Å². The molecule has 1 aliphatic carbocycles. The summed E-state index contributed by atoms with van der Waals surface area (Å²) in [6, 6.07) is 4.81. The van der Waals surface area contributed by atoms with E-state index >= 15 is 0 Å². The Bertz CT molecular complexity index is 528. The predicted molar refractivity (Wildman–Crippen MR) is 77.7 cm³/mol. The maximum absolute atomic E-state index is 4.56. The first kappa shape index (κ1) is 12.1. The van der Waals surface area contributed by atoms with E-state index < -0.39 is 0 Å². The van der Waals surface area contributed by atoms with Crippen LogP contribution in [0.15, 0.2) is 12.1 Å². The molecule has 2 aromatic heterocycles. The van der Waals surface area contributed by atoms with E-state index in [1.165, 1.54) is 34.1 Å². The second kappa shape index (κ2) is 4.97. The highest BCUT2D eigenvalue weighted by Gasteiger charge is 2.27. The molecule has 1 aliphatic rings. The number of nitrogens with one attached hydrogen (secondary N) is 1. The molecule has 0 bridgehead atoms. The third kappa shape index (κ3) is 2.90. The Balaban J connectivity index is 1.57. The quantitative estimate of drug-likeness (QED) is 0.904. The largest absolute Gasteiger partial charge is 0.357 e. The molecular weight excluding hydrogens is 262 g/mol. The minimum atomic E-state index is 0.406. The molecule has 3 rings (SSSR count). The van der Waals surface area contributed by atoms with E-state index in [9.17, 15) is 0 Å². The van der Waals surface area contributed by atoms with Crippen molar-refractivity contribution in [3.63, 3.8) is 0 Å². The number of aromatic nitrogens is 2. The van der Waals surface area contributed by atoms with Gasteiger partial charge in [-0.05, 0) is 38.8 Å². The molecule has 3 nitrogen and oxygen atoms in total. The van der Waals surface area contributed by atoms with E-state index in [0.717, 1.165) is 17.4 Å². The van der Waals surface area contributed by atoms with Crippen molar-refractivity contribution in [3.05, 3.63) is 27.7 Å². The average Bonchev–Trinajstić information content (AvgIpc) is 2.95. The van der Waals surface area contributed by atoms with Crippen LogP contribution in [0.25, 0.3) is 0 Å². The first-order chi connectivity index (χ1) is 8.70. The SMILES string of the molecule is Cc1ccc(CC(C)Nc2nc(C3CC3)ns2)s1. The summed E-state index contributed by atoms with van der Waals surface area (Å²) in [7, 11) is 0. The van der Waals surface area contributed by atoms with Gasteiger partial charge in [-0.15, -0.1) is 11.3 Å². The summed E-state index contributed by atoms with van der Waals surface area (Å²) in [6.07, 6.45) is 3.58. The van der Waals surface area contributed by atoms with Gasteiger partial charge in [-0.1, -0.05) is 0 Å². The van der Waals surface area contributed by atoms with Crippen molar-refractivity contribution in [2.75, 3.05) is 5.32 Å². The summed E-state index contributed by atoms with van der Waals surface area (Å²) < 4.78 is 4.41. The van der Waals surface area contributed by atoms with E-state index in [-0.39, 0.29) is 0 Å². The second-order valence-electron chi connectivity index (χ2n) is 4.99. The van der Waals surface area contributed by atoms with Crippen molar-refractivity contribution in [3.8, 4) is 0 Å². The molecule has 1 atom stereocenters. The molecule has 1 fully saturated rings. The monoisotopic (exact) mass is 279 g/mol. The van der Waals surface area contributed by atoms with Gasteiger partial charge in [0.1, 0.15) is 5.82 Å². The standard InChI is InChI=1S/C13H17N3S2/c1-8(7-11-6-3-9(2)17-11)14-13-15-12(16-18-13)10-4-5-10/h3,6,8,10H,4-5,7H2,1-2H3,(H,14,15,16). The second-order valence-corrected chi connectivity index (χ2v) is 7.12. The van der Waals surface area contributed by atoms with Crippen LogP contribution in [0, 0.1) is 6.92 Å². The van der Waals surface area contributed by atoms with Crippen molar-refractivity contribution in [1.82, 2.24) is 9.36 Å². The van der Waals surface area contributed by atoms with Gasteiger partial charge in [0.2, 0.25) is 5.13 Å². The lowest BCUT2D eigenvalue weighted by Gasteiger charge is -2.10. The number of nitrogens with zero attached hydrogens (tertiary/aromatic N) is 2. The van der Waals surface area contributed by atoms with E-state index in [0.29, 0.717) is 12.0 Å². The smallest absolute Gasteiger partial charge is 0.202 e. The number of hydrogen-bond acceptors (Lipinski definition) is 5. The average molecular weight is 279 g/mol. The maximum Gasteiger partial charge on any atom is 0.202 e. The van der Waals surface area contributed by atoms with Crippen LogP contribution in [0.3, 0.4) is 0 Å². The molecule has 2 heterocycles. The van der Waals surface area contributed by atoms with Crippen molar-refractivity contribution >= 4 is 28.0 Å². The summed E-state index contributed by atoms with van der Waals surface area (Å²) in [6.45, 7) is 4.35. The van der Waals surface area contributed by atoms with Crippen LogP contribution in [0.4, 0.5) is 5.13 Å². The lowest BCUT2D eigenvalue weighted by molar-refractivity contribution is 0.797. The zero-order valence-corrected chi connectivity index (χ0v) is 12.3. The third-order valence-electron chi connectivity index (χ3n) is 3.06. The van der Waals surface area contributed by atoms with Crippen LogP contribution < -0.4 is 5.32 Å². The molecule has 2 aromatic rings. The summed E-state index contributed by atoms with van der Waals surface area (Å²) in [5.41, 5.74) is 0. The molecular formula is C13H17N3S2. The Hall–Kier alpha value is -0.940. The number of thiophene rings is 1.